The molecule has 228 valence electrons. The number of hydrogen-bond donors (Lipinski definition) is 0. The van der Waals surface area contributed by atoms with Gasteiger partial charge in [0.25, 0.3) is 5.56 Å². The van der Waals surface area contributed by atoms with Crippen LogP contribution in [0.25, 0.3) is 6.08 Å². The Bertz CT molecular complexity index is 1770. The predicted molar refractivity (Wildman–Crippen MR) is 152 cm³/mol. The summed E-state index contributed by atoms with van der Waals surface area (Å²) in [7, 11) is 1.34. The van der Waals surface area contributed by atoms with Crippen LogP contribution in [0.3, 0.4) is 0 Å². The van der Waals surface area contributed by atoms with Crippen LogP contribution in [0.1, 0.15) is 31.0 Å². The molecule has 0 aliphatic carbocycles. The topological polar surface area (TPSA) is 105 Å². The monoisotopic (exact) mass is 658 g/mol. The molecule has 3 aromatic rings. The second-order valence-corrected chi connectivity index (χ2v) is 10.6. The van der Waals surface area contributed by atoms with Crippen LogP contribution in [0.2, 0.25) is 10.0 Å². The molecule has 0 radical (unpaired) electrons. The zero-order valence-electron chi connectivity index (χ0n) is 22.8. The lowest BCUT2D eigenvalue weighted by Gasteiger charge is -2.26. The summed E-state index contributed by atoms with van der Waals surface area (Å²) >= 11 is 13.1. The number of fused-ring (bicyclic) bond motifs is 1. The van der Waals surface area contributed by atoms with Gasteiger partial charge < -0.3 is 18.9 Å². The summed E-state index contributed by atoms with van der Waals surface area (Å²) < 4.78 is 64.4. The van der Waals surface area contributed by atoms with E-state index in [2.05, 4.69) is 4.99 Å². The molecule has 2 heterocycles. The lowest BCUT2D eigenvalue weighted by Crippen LogP contribution is -2.41. The van der Waals surface area contributed by atoms with Gasteiger partial charge in [-0.2, -0.15) is 13.2 Å². The van der Waals surface area contributed by atoms with E-state index in [1.807, 2.05) is 0 Å². The van der Waals surface area contributed by atoms with Gasteiger partial charge in [0, 0.05) is 5.02 Å². The maximum Gasteiger partial charge on any atom is 0.434 e. The number of alkyl halides is 3. The van der Waals surface area contributed by atoms with Crippen LogP contribution in [0.4, 0.5) is 13.2 Å². The molecule has 43 heavy (non-hydrogen) atoms. The first-order chi connectivity index (χ1) is 20.4. The molecule has 9 nitrogen and oxygen atoms in total. The molecule has 0 unspecified atom stereocenters. The van der Waals surface area contributed by atoms with Crippen molar-refractivity contribution in [1.82, 2.24) is 4.57 Å². The first kappa shape index (κ1) is 32.1. The predicted octanol–water partition coefficient (Wildman–Crippen LogP) is 4.60. The summed E-state index contributed by atoms with van der Waals surface area (Å²) in [6.45, 7) is 2.62. The van der Waals surface area contributed by atoms with Gasteiger partial charge in [0.15, 0.2) is 28.6 Å². The number of rotatable bonds is 9. The maximum absolute atomic E-state index is 14.3. The lowest BCUT2D eigenvalue weighted by atomic mass is 9.95. The number of allylic oxidation sites excluding steroid dienone is 1. The second kappa shape index (κ2) is 13.2. The van der Waals surface area contributed by atoms with E-state index in [4.69, 9.17) is 42.1 Å². The van der Waals surface area contributed by atoms with Crippen LogP contribution in [0.15, 0.2) is 57.5 Å². The van der Waals surface area contributed by atoms with E-state index < -0.39 is 47.6 Å². The Morgan fingerprint density at radius 2 is 1.77 bits per heavy atom. The summed E-state index contributed by atoms with van der Waals surface area (Å²) in [4.78, 5) is 41.8. The quantitative estimate of drug-likeness (QED) is 0.310. The molecule has 0 saturated carbocycles. The molecule has 0 bridgehead atoms. The molecule has 0 N–H and O–H groups in total. The number of methoxy groups -OCH3 is 1. The van der Waals surface area contributed by atoms with E-state index in [0.29, 0.717) is 21.9 Å². The number of benzene rings is 2. The zero-order valence-corrected chi connectivity index (χ0v) is 25.1. The minimum absolute atomic E-state index is 0.0114. The molecular formula is C28H23Cl2F3N2O7S. The van der Waals surface area contributed by atoms with Gasteiger partial charge in [0.2, 0.25) is 0 Å². The normalized spacial score (nSPS) is 15.1. The van der Waals surface area contributed by atoms with E-state index in [-0.39, 0.29) is 44.6 Å². The van der Waals surface area contributed by atoms with Gasteiger partial charge >= 0.3 is 18.1 Å². The van der Waals surface area contributed by atoms with Crippen molar-refractivity contribution < 1.29 is 41.7 Å². The van der Waals surface area contributed by atoms with Crippen LogP contribution in [-0.4, -0.2) is 49.6 Å². The summed E-state index contributed by atoms with van der Waals surface area (Å²) in [5, 5.41) is 0.333. The van der Waals surface area contributed by atoms with Crippen LogP contribution in [-0.2, 0) is 19.1 Å². The smallest absolute Gasteiger partial charge is 0.434 e. The van der Waals surface area contributed by atoms with Gasteiger partial charge in [0.05, 0.1) is 41.5 Å². The molecule has 4 rings (SSSR count). The van der Waals surface area contributed by atoms with Gasteiger partial charge in [-0.15, -0.1) is 0 Å². The van der Waals surface area contributed by atoms with E-state index in [0.717, 1.165) is 4.57 Å². The van der Waals surface area contributed by atoms with E-state index in [1.54, 1.807) is 6.92 Å². The van der Waals surface area contributed by atoms with Crippen molar-refractivity contribution >= 4 is 52.6 Å². The summed E-state index contributed by atoms with van der Waals surface area (Å²) in [6, 6.07) is 7.08. The fourth-order valence-electron chi connectivity index (χ4n) is 4.25. The number of halogens is 5. The van der Waals surface area contributed by atoms with Gasteiger partial charge in [0.1, 0.15) is 0 Å². The minimum atomic E-state index is -5.04. The molecular weight excluding hydrogens is 636 g/mol. The molecule has 0 fully saturated rings. The fraction of sp³-hybridized carbons (Fsp3) is 0.286. The molecule has 2 aromatic carbocycles. The number of ether oxygens (including phenoxy) is 4. The summed E-state index contributed by atoms with van der Waals surface area (Å²) in [6.07, 6.45) is -3.66. The first-order valence-electron chi connectivity index (χ1n) is 12.6. The van der Waals surface area contributed by atoms with Crippen LogP contribution in [0.5, 0.6) is 11.5 Å². The second-order valence-electron chi connectivity index (χ2n) is 8.74. The number of thiazole rings is 1. The van der Waals surface area contributed by atoms with Crippen molar-refractivity contribution in [2.75, 3.05) is 26.9 Å². The lowest BCUT2D eigenvalue weighted by molar-refractivity contribution is -0.145. The van der Waals surface area contributed by atoms with Crippen molar-refractivity contribution in [3.63, 3.8) is 0 Å². The highest BCUT2D eigenvalue weighted by Crippen LogP contribution is 2.39. The van der Waals surface area contributed by atoms with Crippen molar-refractivity contribution in [1.29, 1.82) is 0 Å². The Morgan fingerprint density at radius 3 is 2.37 bits per heavy atom. The Kier molecular flexibility index (Phi) is 9.88. The third kappa shape index (κ3) is 6.89. The number of aromatic nitrogens is 1. The van der Waals surface area contributed by atoms with Crippen molar-refractivity contribution in [3.8, 4) is 11.5 Å². The van der Waals surface area contributed by atoms with Crippen molar-refractivity contribution in [2.24, 2.45) is 4.99 Å². The van der Waals surface area contributed by atoms with Crippen molar-refractivity contribution in [3.05, 3.63) is 88.5 Å². The Balaban J connectivity index is 1.90. The van der Waals surface area contributed by atoms with E-state index in [9.17, 15) is 27.6 Å². The van der Waals surface area contributed by atoms with E-state index >= 15 is 0 Å². The van der Waals surface area contributed by atoms with E-state index in [1.165, 1.54) is 56.5 Å². The highest BCUT2D eigenvalue weighted by atomic mass is 35.5. The third-order valence-electron chi connectivity index (χ3n) is 5.97. The minimum Gasteiger partial charge on any atom is -0.493 e. The maximum atomic E-state index is 14.3. The molecule has 0 spiro atoms. The van der Waals surface area contributed by atoms with Crippen LogP contribution >= 0.6 is 34.5 Å². The summed E-state index contributed by atoms with van der Waals surface area (Å²) in [5.41, 5.74) is -2.50. The van der Waals surface area contributed by atoms with Crippen molar-refractivity contribution in [2.45, 2.75) is 26.1 Å². The molecule has 0 amide bonds. The number of nitrogens with zero attached hydrogens (tertiary/aromatic N) is 2. The highest BCUT2D eigenvalue weighted by Gasteiger charge is 2.45. The molecule has 1 aliphatic rings. The number of esters is 2. The largest absolute Gasteiger partial charge is 0.493 e. The van der Waals surface area contributed by atoms with Gasteiger partial charge in [-0.25, -0.2) is 14.6 Å². The number of carbonyl (C=O) groups excluding carboxylic acids is 2. The number of hydrogen-bond acceptors (Lipinski definition) is 9. The third-order valence-corrected chi connectivity index (χ3v) is 7.49. The SMILES string of the molecule is CCOC(=O)COc1c(Cl)cc(/C=c2\sc3n(c2=O)[C@H](c2ccc(Cl)cc2)C(C(=O)OCC)=C(C(F)(F)F)N=3)cc1OC. The highest BCUT2D eigenvalue weighted by molar-refractivity contribution is 7.07. The standard InChI is InChI=1S/C28H23Cl2F3N2O7S/c1-4-40-20(36)13-42-23-17(30)10-14(11-18(23)39-3)12-19-25(37)35-22(15-6-8-16(29)9-7-15)21(26(38)41-5-2)24(28(31,32)33)34-27(35)43-19/h6-12,22H,4-5,13H2,1-3H3/b19-12-/t22-/m1/s1. The fourth-order valence-corrected chi connectivity index (χ4v) is 5.65. The Hall–Kier alpha value is -3.81. The Labute approximate surface area is 256 Å². The number of carbonyl (C=O) groups is 2. The zero-order chi connectivity index (χ0) is 31.5. The van der Waals surface area contributed by atoms with Gasteiger partial charge in [-0.1, -0.05) is 46.7 Å². The molecule has 1 aromatic heterocycles. The van der Waals surface area contributed by atoms with Crippen LogP contribution < -0.4 is 24.4 Å². The Morgan fingerprint density at radius 1 is 1.09 bits per heavy atom. The molecule has 15 heteroatoms. The van der Waals surface area contributed by atoms with Crippen LogP contribution in [0, 0.1) is 0 Å². The molecule has 1 aliphatic heterocycles. The average Bonchev–Trinajstić information content (AvgIpc) is 3.26. The van der Waals surface area contributed by atoms with Gasteiger partial charge in [-0.05, 0) is 55.3 Å². The first-order valence-corrected chi connectivity index (χ1v) is 14.2. The summed E-state index contributed by atoms with van der Waals surface area (Å²) in [5.74, 6) is -1.71. The molecule has 0 saturated heterocycles. The average molecular weight is 659 g/mol. The van der Waals surface area contributed by atoms with Gasteiger partial charge in [-0.3, -0.25) is 9.36 Å². The molecule has 1 atom stereocenters.